The maximum Gasteiger partial charge on any atom is 0.416 e. The van der Waals surface area contributed by atoms with E-state index in [2.05, 4.69) is 10.6 Å². The highest BCUT2D eigenvalue weighted by Crippen LogP contribution is 2.29. The number of alkyl halides is 3. The molecule has 0 aliphatic carbocycles. The van der Waals surface area contributed by atoms with Gasteiger partial charge in [0.2, 0.25) is 0 Å². The summed E-state index contributed by atoms with van der Waals surface area (Å²) in [4.78, 5) is 0. The van der Waals surface area contributed by atoms with E-state index < -0.39 is 11.7 Å². The zero-order valence-corrected chi connectivity index (χ0v) is 14.7. The van der Waals surface area contributed by atoms with E-state index in [1.807, 2.05) is 31.2 Å². The Balaban J connectivity index is 1.99. The number of anilines is 1. The summed E-state index contributed by atoms with van der Waals surface area (Å²) in [7, 11) is 1.60. The summed E-state index contributed by atoms with van der Waals surface area (Å²) in [6, 6.07) is 12.4. The van der Waals surface area contributed by atoms with E-state index in [1.165, 1.54) is 12.1 Å². The molecular weight excluding hydrogens is 349 g/mol. The van der Waals surface area contributed by atoms with Crippen LogP contribution in [0.5, 0.6) is 5.75 Å². The van der Waals surface area contributed by atoms with Gasteiger partial charge in [0.05, 0.1) is 18.7 Å². The summed E-state index contributed by atoms with van der Waals surface area (Å²) >= 11 is 5.26. The van der Waals surface area contributed by atoms with E-state index in [0.29, 0.717) is 10.8 Å². The van der Waals surface area contributed by atoms with E-state index in [0.717, 1.165) is 29.9 Å². The second-order valence-corrected chi connectivity index (χ2v) is 5.82. The molecular formula is C18H19F3N2OS. The van der Waals surface area contributed by atoms with Gasteiger partial charge in [-0.25, -0.2) is 0 Å². The molecule has 1 unspecified atom stereocenters. The van der Waals surface area contributed by atoms with Crippen LogP contribution in [0.15, 0.2) is 48.5 Å². The number of halogens is 3. The number of rotatable bonds is 5. The van der Waals surface area contributed by atoms with Crippen molar-refractivity contribution in [1.82, 2.24) is 5.32 Å². The van der Waals surface area contributed by atoms with Crippen LogP contribution in [0.4, 0.5) is 18.9 Å². The predicted octanol–water partition coefficient (Wildman–Crippen LogP) is 5.15. The number of ether oxygens (including phenoxy) is 1. The van der Waals surface area contributed by atoms with E-state index in [-0.39, 0.29) is 6.04 Å². The first kappa shape index (κ1) is 19.1. The van der Waals surface area contributed by atoms with Gasteiger partial charge in [-0.3, -0.25) is 0 Å². The van der Waals surface area contributed by atoms with Crippen molar-refractivity contribution >= 4 is 23.0 Å². The molecule has 0 amide bonds. The second kappa shape index (κ2) is 8.20. The van der Waals surface area contributed by atoms with Gasteiger partial charge in [0.1, 0.15) is 5.75 Å². The number of hydrogen-bond donors (Lipinski definition) is 2. The van der Waals surface area contributed by atoms with E-state index >= 15 is 0 Å². The quantitative estimate of drug-likeness (QED) is 0.715. The van der Waals surface area contributed by atoms with Crippen molar-refractivity contribution in [3.05, 3.63) is 59.7 Å². The lowest BCUT2D eigenvalue weighted by Crippen LogP contribution is -2.32. The van der Waals surface area contributed by atoms with E-state index in [9.17, 15) is 13.2 Å². The van der Waals surface area contributed by atoms with Crippen LogP contribution in [0.3, 0.4) is 0 Å². The molecule has 2 aromatic carbocycles. The van der Waals surface area contributed by atoms with Crippen LogP contribution in [0, 0.1) is 0 Å². The highest BCUT2D eigenvalue weighted by Gasteiger charge is 2.29. The smallest absolute Gasteiger partial charge is 0.416 e. The maximum atomic E-state index is 12.6. The number of benzene rings is 2. The van der Waals surface area contributed by atoms with Gasteiger partial charge >= 0.3 is 6.18 Å². The van der Waals surface area contributed by atoms with Crippen molar-refractivity contribution in [1.29, 1.82) is 0 Å². The maximum absolute atomic E-state index is 12.6. The molecule has 7 heteroatoms. The molecule has 0 aromatic heterocycles. The molecule has 0 heterocycles. The lowest BCUT2D eigenvalue weighted by Gasteiger charge is -2.20. The minimum absolute atomic E-state index is 0.0136. The first-order valence-corrected chi connectivity index (χ1v) is 8.13. The van der Waals surface area contributed by atoms with Gasteiger partial charge in [-0.15, -0.1) is 0 Å². The van der Waals surface area contributed by atoms with Crippen LogP contribution in [-0.4, -0.2) is 12.2 Å². The van der Waals surface area contributed by atoms with Gasteiger partial charge in [-0.1, -0.05) is 19.1 Å². The number of methoxy groups -OCH3 is 1. The Labute approximate surface area is 150 Å². The molecule has 2 N–H and O–H groups in total. The van der Waals surface area contributed by atoms with Crippen LogP contribution in [-0.2, 0) is 6.18 Å². The Morgan fingerprint density at radius 2 is 1.68 bits per heavy atom. The molecule has 0 aliphatic rings. The van der Waals surface area contributed by atoms with Crippen molar-refractivity contribution in [2.75, 3.05) is 12.4 Å². The zero-order chi connectivity index (χ0) is 18.4. The monoisotopic (exact) mass is 368 g/mol. The number of hydrogen-bond acceptors (Lipinski definition) is 2. The molecule has 134 valence electrons. The summed E-state index contributed by atoms with van der Waals surface area (Å²) in [5.41, 5.74) is 0.844. The number of nitrogens with one attached hydrogen (secondary N) is 2. The van der Waals surface area contributed by atoms with Gasteiger partial charge in [0.15, 0.2) is 5.11 Å². The molecule has 25 heavy (non-hydrogen) atoms. The Kier molecular flexibility index (Phi) is 6.25. The summed E-state index contributed by atoms with van der Waals surface area (Å²) in [6.45, 7) is 2.02. The second-order valence-electron chi connectivity index (χ2n) is 5.41. The van der Waals surface area contributed by atoms with Crippen molar-refractivity contribution in [3.63, 3.8) is 0 Å². The Morgan fingerprint density at radius 3 is 2.16 bits per heavy atom. The molecule has 3 nitrogen and oxygen atoms in total. The topological polar surface area (TPSA) is 33.3 Å². The van der Waals surface area contributed by atoms with E-state index in [1.54, 1.807) is 7.11 Å². The highest BCUT2D eigenvalue weighted by atomic mass is 32.1. The van der Waals surface area contributed by atoms with Crippen molar-refractivity contribution < 1.29 is 17.9 Å². The van der Waals surface area contributed by atoms with Gasteiger partial charge < -0.3 is 15.4 Å². The van der Waals surface area contributed by atoms with Gasteiger partial charge in [-0.2, -0.15) is 13.2 Å². The fourth-order valence-corrected chi connectivity index (χ4v) is 2.59. The van der Waals surface area contributed by atoms with E-state index in [4.69, 9.17) is 17.0 Å². The third kappa shape index (κ3) is 5.35. The Hall–Kier alpha value is -2.28. The van der Waals surface area contributed by atoms with Crippen molar-refractivity contribution in [2.24, 2.45) is 0 Å². The molecule has 0 spiro atoms. The summed E-state index contributed by atoms with van der Waals surface area (Å²) < 4.78 is 42.9. The van der Waals surface area contributed by atoms with Crippen molar-refractivity contribution in [2.45, 2.75) is 25.6 Å². The summed E-state index contributed by atoms with van der Waals surface area (Å²) in [5.74, 6) is 0.768. The highest BCUT2D eigenvalue weighted by molar-refractivity contribution is 7.80. The van der Waals surface area contributed by atoms with Crippen LogP contribution in [0.2, 0.25) is 0 Å². The third-order valence-electron chi connectivity index (χ3n) is 3.70. The van der Waals surface area contributed by atoms with Crippen LogP contribution >= 0.6 is 12.2 Å². The average molecular weight is 368 g/mol. The standard InChI is InChI=1S/C18H19F3N2OS/c1-3-16(12-4-10-15(24-2)11-5-12)23-17(25)22-14-8-6-13(7-9-14)18(19,20)21/h4-11,16H,3H2,1-2H3,(H2,22,23,25). The minimum Gasteiger partial charge on any atom is -0.497 e. The van der Waals surface area contributed by atoms with Gasteiger partial charge in [0.25, 0.3) is 0 Å². The lowest BCUT2D eigenvalue weighted by molar-refractivity contribution is -0.137. The largest absolute Gasteiger partial charge is 0.497 e. The number of thiocarbonyl (C=S) groups is 1. The Bertz CT molecular complexity index is 700. The molecule has 1 atom stereocenters. The van der Waals surface area contributed by atoms with Crippen LogP contribution in [0.25, 0.3) is 0 Å². The SMILES string of the molecule is CCC(NC(=S)Nc1ccc(C(F)(F)F)cc1)c1ccc(OC)cc1. The summed E-state index contributed by atoms with van der Waals surface area (Å²) in [5, 5.41) is 6.43. The van der Waals surface area contributed by atoms with Gasteiger partial charge in [-0.05, 0) is 60.6 Å². The van der Waals surface area contributed by atoms with Crippen LogP contribution in [0.1, 0.15) is 30.5 Å². The molecule has 0 aliphatic heterocycles. The molecule has 0 saturated carbocycles. The molecule has 0 bridgehead atoms. The normalized spacial score (nSPS) is 12.4. The first-order chi connectivity index (χ1) is 11.8. The molecule has 0 radical (unpaired) electrons. The third-order valence-corrected chi connectivity index (χ3v) is 3.92. The fraction of sp³-hybridized carbons (Fsp3) is 0.278. The molecule has 0 saturated heterocycles. The lowest BCUT2D eigenvalue weighted by atomic mass is 10.0. The van der Waals surface area contributed by atoms with Crippen molar-refractivity contribution in [3.8, 4) is 5.75 Å². The Morgan fingerprint density at radius 1 is 1.08 bits per heavy atom. The summed E-state index contributed by atoms with van der Waals surface area (Å²) in [6.07, 6.45) is -3.56. The van der Waals surface area contributed by atoms with Crippen LogP contribution < -0.4 is 15.4 Å². The molecule has 0 fully saturated rings. The average Bonchev–Trinajstić information content (AvgIpc) is 2.59. The van der Waals surface area contributed by atoms with Gasteiger partial charge in [0, 0.05) is 5.69 Å². The zero-order valence-electron chi connectivity index (χ0n) is 13.9. The predicted molar refractivity (Wildman–Crippen MR) is 96.8 cm³/mol. The first-order valence-electron chi connectivity index (χ1n) is 7.72. The molecule has 2 aromatic rings. The molecule has 2 rings (SSSR count). The minimum atomic E-state index is -4.35. The fourth-order valence-electron chi connectivity index (χ4n) is 2.33.